The van der Waals surface area contributed by atoms with Gasteiger partial charge in [-0.15, -0.1) is 0 Å². The normalized spacial score (nSPS) is 18.5. The van der Waals surface area contributed by atoms with E-state index < -0.39 is 0 Å². The summed E-state index contributed by atoms with van der Waals surface area (Å²) in [6.07, 6.45) is 2.93. The number of amides is 3. The third-order valence-corrected chi connectivity index (χ3v) is 8.22. The van der Waals surface area contributed by atoms with Crippen LogP contribution >= 0.6 is 23.2 Å². The lowest BCUT2D eigenvalue weighted by molar-refractivity contribution is -0.118. The predicted molar refractivity (Wildman–Crippen MR) is 150 cm³/mol. The van der Waals surface area contributed by atoms with Crippen molar-refractivity contribution in [1.29, 1.82) is 0 Å². The second-order valence-electron chi connectivity index (χ2n) is 9.86. The second-order valence-corrected chi connectivity index (χ2v) is 10.6. The number of nitrogens with zero attached hydrogens (tertiary/aromatic N) is 4. The Morgan fingerprint density at radius 2 is 1.71 bits per heavy atom. The summed E-state index contributed by atoms with van der Waals surface area (Å²) in [4.78, 5) is 33.6. The molecule has 0 unspecified atom stereocenters. The average Bonchev–Trinajstić information content (AvgIpc) is 2.95. The standard InChI is InChI=1S/C28H34Cl2N4O4/c29-23-4-3-5-24(27(23)30)32-13-11-31(12-14-32)10-1-2-17-38-22-8-6-21-7-9-26(35)34(25(21)20-22)28(36)33-15-18-37-19-16-33/h3-6,8,20H,1-2,7,9-19H2. The predicted octanol–water partition coefficient (Wildman–Crippen LogP) is 4.71. The van der Waals surface area contributed by atoms with E-state index in [2.05, 4.69) is 9.80 Å². The number of ether oxygens (including phenoxy) is 2. The van der Waals surface area contributed by atoms with Gasteiger partial charge in [-0.2, -0.15) is 0 Å². The fraction of sp³-hybridized carbons (Fsp3) is 0.500. The van der Waals surface area contributed by atoms with Crippen LogP contribution in [0.4, 0.5) is 16.2 Å². The Labute approximate surface area is 234 Å². The smallest absolute Gasteiger partial charge is 0.331 e. The summed E-state index contributed by atoms with van der Waals surface area (Å²) < 4.78 is 11.4. The first-order valence-corrected chi connectivity index (χ1v) is 14.1. The summed E-state index contributed by atoms with van der Waals surface area (Å²) in [5.74, 6) is 0.522. The molecule has 0 spiro atoms. The molecule has 0 aliphatic carbocycles. The number of carbonyl (C=O) groups is 2. The van der Waals surface area contributed by atoms with Gasteiger partial charge in [0.25, 0.3) is 0 Å². The lowest BCUT2D eigenvalue weighted by Gasteiger charge is -2.36. The van der Waals surface area contributed by atoms with Crippen LogP contribution in [0.3, 0.4) is 0 Å². The van der Waals surface area contributed by atoms with Crippen molar-refractivity contribution in [2.75, 3.05) is 75.4 Å². The van der Waals surface area contributed by atoms with Crippen LogP contribution in [-0.2, 0) is 16.0 Å². The lowest BCUT2D eigenvalue weighted by Crippen LogP contribution is -2.51. The number of unbranched alkanes of at least 4 members (excludes halogenated alkanes) is 1. The molecule has 2 aromatic rings. The molecule has 3 amide bonds. The van der Waals surface area contributed by atoms with Crippen LogP contribution < -0.4 is 14.5 Å². The number of carbonyl (C=O) groups excluding carboxylic acids is 2. The molecule has 0 saturated carbocycles. The largest absolute Gasteiger partial charge is 0.494 e. The summed E-state index contributed by atoms with van der Waals surface area (Å²) >= 11 is 12.6. The molecular weight excluding hydrogens is 527 g/mol. The van der Waals surface area contributed by atoms with Crippen LogP contribution in [0.25, 0.3) is 0 Å². The molecule has 0 atom stereocenters. The van der Waals surface area contributed by atoms with Crippen LogP contribution in [-0.4, -0.2) is 87.4 Å². The van der Waals surface area contributed by atoms with Gasteiger partial charge in [-0.3, -0.25) is 9.69 Å². The number of hydrogen-bond donors (Lipinski definition) is 0. The first-order valence-electron chi connectivity index (χ1n) is 13.4. The van der Waals surface area contributed by atoms with Crippen molar-refractivity contribution >= 4 is 46.5 Å². The Hall–Kier alpha value is -2.52. The van der Waals surface area contributed by atoms with Crippen molar-refractivity contribution in [2.45, 2.75) is 25.7 Å². The van der Waals surface area contributed by atoms with Crippen molar-refractivity contribution in [2.24, 2.45) is 0 Å². The molecule has 0 aromatic heterocycles. The zero-order valence-electron chi connectivity index (χ0n) is 21.5. The Balaban J connectivity index is 1.08. The highest BCUT2D eigenvalue weighted by Gasteiger charge is 2.33. The Morgan fingerprint density at radius 3 is 2.50 bits per heavy atom. The van der Waals surface area contributed by atoms with Gasteiger partial charge in [-0.1, -0.05) is 35.3 Å². The van der Waals surface area contributed by atoms with E-state index in [0.717, 1.165) is 56.8 Å². The molecule has 2 saturated heterocycles. The third kappa shape index (κ3) is 6.20. The molecule has 0 radical (unpaired) electrons. The molecule has 38 heavy (non-hydrogen) atoms. The van der Waals surface area contributed by atoms with E-state index in [0.29, 0.717) is 67.2 Å². The van der Waals surface area contributed by atoms with Gasteiger partial charge in [-0.05, 0) is 49.6 Å². The van der Waals surface area contributed by atoms with Gasteiger partial charge in [0.05, 0.1) is 41.2 Å². The number of aryl methyl sites for hydroxylation is 1. The fourth-order valence-electron chi connectivity index (χ4n) is 5.22. The monoisotopic (exact) mass is 560 g/mol. The molecule has 3 aliphatic rings. The summed E-state index contributed by atoms with van der Waals surface area (Å²) in [6.45, 7) is 7.39. The van der Waals surface area contributed by atoms with Gasteiger partial charge >= 0.3 is 6.03 Å². The fourth-order valence-corrected chi connectivity index (χ4v) is 5.64. The van der Waals surface area contributed by atoms with Crippen LogP contribution in [0.2, 0.25) is 10.0 Å². The lowest BCUT2D eigenvalue weighted by atomic mass is 10.0. The summed E-state index contributed by atoms with van der Waals surface area (Å²) in [5, 5.41) is 1.22. The van der Waals surface area contributed by atoms with Gasteiger partial charge in [0.15, 0.2) is 0 Å². The molecule has 0 bridgehead atoms. The molecule has 8 nitrogen and oxygen atoms in total. The van der Waals surface area contributed by atoms with Crippen molar-refractivity contribution < 1.29 is 19.1 Å². The number of imide groups is 1. The van der Waals surface area contributed by atoms with E-state index in [1.165, 1.54) is 4.90 Å². The molecule has 2 fully saturated rings. The second kappa shape index (κ2) is 12.6. The number of benzene rings is 2. The number of fused-ring (bicyclic) bond motifs is 1. The Morgan fingerprint density at radius 1 is 0.921 bits per heavy atom. The van der Waals surface area contributed by atoms with E-state index in [9.17, 15) is 9.59 Å². The molecule has 3 heterocycles. The highest BCUT2D eigenvalue weighted by Crippen LogP contribution is 2.34. The third-order valence-electron chi connectivity index (χ3n) is 7.41. The van der Waals surface area contributed by atoms with Crippen molar-refractivity contribution in [3.8, 4) is 5.75 Å². The molecule has 3 aliphatic heterocycles. The minimum Gasteiger partial charge on any atom is -0.494 e. The number of hydrogen-bond acceptors (Lipinski definition) is 6. The van der Waals surface area contributed by atoms with Crippen LogP contribution in [0, 0.1) is 0 Å². The molecule has 5 rings (SSSR count). The quantitative estimate of drug-likeness (QED) is 0.457. The minimum absolute atomic E-state index is 0.163. The molecular formula is C28H34Cl2N4O4. The number of morpholine rings is 1. The number of urea groups is 1. The number of anilines is 2. The Kier molecular flexibility index (Phi) is 8.94. The first-order chi connectivity index (χ1) is 18.5. The Bertz CT molecular complexity index is 1150. The van der Waals surface area contributed by atoms with Crippen molar-refractivity contribution in [1.82, 2.24) is 9.80 Å². The summed E-state index contributed by atoms with van der Waals surface area (Å²) in [5.41, 5.74) is 2.65. The zero-order valence-corrected chi connectivity index (χ0v) is 23.1. The SMILES string of the molecule is O=C1CCc2ccc(OCCCCN3CCN(c4cccc(Cl)c4Cl)CC3)cc2N1C(=O)N1CCOCC1. The van der Waals surface area contributed by atoms with Crippen LogP contribution in [0.5, 0.6) is 5.75 Å². The maximum absolute atomic E-state index is 13.1. The zero-order chi connectivity index (χ0) is 26.5. The van der Waals surface area contributed by atoms with Crippen LogP contribution in [0.15, 0.2) is 36.4 Å². The number of rotatable bonds is 7. The van der Waals surface area contributed by atoms with E-state index in [1.807, 2.05) is 36.4 Å². The van der Waals surface area contributed by atoms with E-state index >= 15 is 0 Å². The van der Waals surface area contributed by atoms with Gasteiger partial charge in [0.2, 0.25) is 5.91 Å². The highest BCUT2D eigenvalue weighted by molar-refractivity contribution is 6.43. The first kappa shape index (κ1) is 27.1. The molecule has 2 aromatic carbocycles. The average molecular weight is 562 g/mol. The van der Waals surface area contributed by atoms with Gasteiger partial charge in [0.1, 0.15) is 5.75 Å². The highest BCUT2D eigenvalue weighted by atomic mass is 35.5. The van der Waals surface area contributed by atoms with Crippen LogP contribution in [0.1, 0.15) is 24.8 Å². The van der Waals surface area contributed by atoms with Crippen molar-refractivity contribution in [3.63, 3.8) is 0 Å². The maximum atomic E-state index is 13.1. The van der Waals surface area contributed by atoms with E-state index in [1.54, 1.807) is 4.90 Å². The van der Waals surface area contributed by atoms with E-state index in [-0.39, 0.29) is 11.9 Å². The van der Waals surface area contributed by atoms with E-state index in [4.69, 9.17) is 32.7 Å². The van der Waals surface area contributed by atoms with Gasteiger partial charge < -0.3 is 19.3 Å². The van der Waals surface area contributed by atoms with Crippen molar-refractivity contribution in [3.05, 3.63) is 52.0 Å². The number of halogens is 2. The molecule has 0 N–H and O–H groups in total. The summed E-state index contributed by atoms with van der Waals surface area (Å²) in [6, 6.07) is 11.3. The maximum Gasteiger partial charge on any atom is 0.331 e. The van der Waals surface area contributed by atoms with Gasteiger partial charge in [-0.25, -0.2) is 9.69 Å². The van der Waals surface area contributed by atoms with Gasteiger partial charge in [0, 0.05) is 51.8 Å². The minimum atomic E-state index is -0.269. The summed E-state index contributed by atoms with van der Waals surface area (Å²) in [7, 11) is 0. The molecule has 204 valence electrons. The topological polar surface area (TPSA) is 65.6 Å². The molecule has 10 heteroatoms. The number of piperazine rings is 1.